The molecule has 2 rings (SSSR count). The number of nitrogens with zero attached hydrogens (tertiary/aromatic N) is 1. The van der Waals surface area contributed by atoms with Crippen molar-refractivity contribution < 1.29 is 9.53 Å². The average molecular weight is 291 g/mol. The number of amides is 1. The summed E-state index contributed by atoms with van der Waals surface area (Å²) in [5.41, 5.74) is 1.01. The quantitative estimate of drug-likeness (QED) is 0.799. The third-order valence-electron chi connectivity index (χ3n) is 2.99. The lowest BCUT2D eigenvalue weighted by molar-refractivity contribution is -0.125. The van der Waals surface area contributed by atoms with E-state index in [-0.39, 0.29) is 12.0 Å². The van der Waals surface area contributed by atoms with E-state index in [0.29, 0.717) is 0 Å². The first kappa shape index (κ1) is 15.0. The topological polar surface area (TPSA) is 29.5 Å². The second-order valence-corrected chi connectivity index (χ2v) is 6.23. The summed E-state index contributed by atoms with van der Waals surface area (Å²) in [6.07, 6.45) is 3.70. The normalized spacial score (nSPS) is 15.8. The maximum absolute atomic E-state index is 12.0. The molecule has 1 aliphatic rings. The average Bonchev–Trinajstić information content (AvgIpc) is 2.46. The zero-order valence-corrected chi connectivity index (χ0v) is 12.9. The van der Waals surface area contributed by atoms with Crippen molar-refractivity contribution in [1.82, 2.24) is 4.90 Å². The van der Waals surface area contributed by atoms with Crippen molar-refractivity contribution in [1.29, 1.82) is 0 Å². The second-order valence-electron chi connectivity index (χ2n) is 5.01. The summed E-state index contributed by atoms with van der Waals surface area (Å²) in [4.78, 5) is 13.9. The third kappa shape index (κ3) is 4.60. The zero-order valence-electron chi connectivity index (χ0n) is 12.0. The number of carbonyl (C=O) groups excluding carboxylic acids is 1. The molecule has 3 nitrogen and oxygen atoms in total. The molecule has 0 spiro atoms. The monoisotopic (exact) mass is 291 g/mol. The molecular weight excluding hydrogens is 270 g/mol. The minimum absolute atomic E-state index is 0.104. The summed E-state index contributed by atoms with van der Waals surface area (Å²) in [6.45, 7) is 5.72. The van der Waals surface area contributed by atoms with Crippen LogP contribution in [0.25, 0.3) is 6.08 Å². The van der Waals surface area contributed by atoms with Gasteiger partial charge in [-0.3, -0.25) is 4.79 Å². The van der Waals surface area contributed by atoms with Gasteiger partial charge in [0.1, 0.15) is 5.75 Å². The van der Waals surface area contributed by atoms with Crippen LogP contribution in [0.1, 0.15) is 19.4 Å². The van der Waals surface area contributed by atoms with Crippen LogP contribution < -0.4 is 4.74 Å². The smallest absolute Gasteiger partial charge is 0.246 e. The SMILES string of the molecule is CC(C)Oc1ccc(/C=C/C(=O)N2CCSCC2)cc1. The van der Waals surface area contributed by atoms with E-state index in [4.69, 9.17) is 4.74 Å². The fourth-order valence-corrected chi connectivity index (χ4v) is 2.89. The van der Waals surface area contributed by atoms with Crippen molar-refractivity contribution in [3.63, 3.8) is 0 Å². The van der Waals surface area contributed by atoms with Crippen LogP contribution in [-0.2, 0) is 4.79 Å². The Kier molecular flexibility index (Phi) is 5.53. The van der Waals surface area contributed by atoms with Gasteiger partial charge in [-0.25, -0.2) is 0 Å². The lowest BCUT2D eigenvalue weighted by Crippen LogP contribution is -2.36. The standard InChI is InChI=1S/C16H21NO2S/c1-13(2)19-15-6-3-14(4-7-15)5-8-16(18)17-9-11-20-12-10-17/h3-8,13H,9-12H2,1-2H3/b8-5+. The highest BCUT2D eigenvalue weighted by atomic mass is 32.2. The molecule has 0 unspecified atom stereocenters. The van der Waals surface area contributed by atoms with Gasteiger partial charge in [0, 0.05) is 30.7 Å². The second kappa shape index (κ2) is 7.39. The third-order valence-corrected chi connectivity index (χ3v) is 3.94. The molecule has 20 heavy (non-hydrogen) atoms. The van der Waals surface area contributed by atoms with E-state index < -0.39 is 0 Å². The molecule has 1 fully saturated rings. The molecule has 108 valence electrons. The number of thioether (sulfide) groups is 1. The lowest BCUT2D eigenvalue weighted by Gasteiger charge is -2.25. The van der Waals surface area contributed by atoms with E-state index in [1.807, 2.05) is 60.9 Å². The first-order valence-electron chi connectivity index (χ1n) is 6.96. The van der Waals surface area contributed by atoms with Gasteiger partial charge >= 0.3 is 0 Å². The first-order valence-corrected chi connectivity index (χ1v) is 8.12. The fraction of sp³-hybridized carbons (Fsp3) is 0.438. The van der Waals surface area contributed by atoms with Gasteiger partial charge in [-0.1, -0.05) is 12.1 Å². The van der Waals surface area contributed by atoms with Crippen molar-refractivity contribution in [2.24, 2.45) is 0 Å². The Bertz CT molecular complexity index is 462. The Labute approximate surface area is 125 Å². The van der Waals surface area contributed by atoms with Crippen LogP contribution in [0.3, 0.4) is 0 Å². The number of rotatable bonds is 4. The summed E-state index contributed by atoms with van der Waals surface area (Å²) in [5.74, 6) is 3.05. The highest BCUT2D eigenvalue weighted by Crippen LogP contribution is 2.15. The van der Waals surface area contributed by atoms with Crippen molar-refractivity contribution in [3.8, 4) is 5.75 Å². The minimum Gasteiger partial charge on any atom is -0.491 e. The van der Waals surface area contributed by atoms with Crippen LogP contribution in [0.15, 0.2) is 30.3 Å². The van der Waals surface area contributed by atoms with Gasteiger partial charge in [-0.05, 0) is 37.6 Å². The maximum atomic E-state index is 12.0. The number of carbonyl (C=O) groups is 1. The molecule has 1 heterocycles. The van der Waals surface area contributed by atoms with Crippen LogP contribution in [0.4, 0.5) is 0 Å². The molecule has 1 aromatic carbocycles. The van der Waals surface area contributed by atoms with Crippen LogP contribution in [0.2, 0.25) is 0 Å². The number of hydrogen-bond donors (Lipinski definition) is 0. The van der Waals surface area contributed by atoms with Crippen molar-refractivity contribution >= 4 is 23.7 Å². The molecule has 4 heteroatoms. The molecule has 1 aromatic rings. The Morgan fingerprint density at radius 2 is 1.90 bits per heavy atom. The summed E-state index contributed by atoms with van der Waals surface area (Å²) >= 11 is 1.90. The Hall–Kier alpha value is -1.42. The molecule has 1 aliphatic heterocycles. The van der Waals surface area contributed by atoms with Gasteiger partial charge in [-0.2, -0.15) is 11.8 Å². The summed E-state index contributed by atoms with van der Waals surface area (Å²) in [7, 11) is 0. The molecule has 0 saturated carbocycles. The molecule has 0 atom stereocenters. The van der Waals surface area contributed by atoms with Crippen LogP contribution in [-0.4, -0.2) is 41.5 Å². The fourth-order valence-electron chi connectivity index (χ4n) is 1.99. The Balaban J connectivity index is 1.91. The van der Waals surface area contributed by atoms with E-state index in [1.54, 1.807) is 6.08 Å². The first-order chi connectivity index (χ1) is 9.65. The summed E-state index contributed by atoms with van der Waals surface area (Å²) in [5, 5.41) is 0. The van der Waals surface area contributed by atoms with Crippen molar-refractivity contribution in [2.45, 2.75) is 20.0 Å². The molecule has 0 aromatic heterocycles. The van der Waals surface area contributed by atoms with E-state index in [2.05, 4.69) is 0 Å². The van der Waals surface area contributed by atoms with E-state index in [9.17, 15) is 4.79 Å². The number of hydrogen-bond acceptors (Lipinski definition) is 3. The number of benzene rings is 1. The van der Waals surface area contributed by atoms with E-state index in [1.165, 1.54) is 0 Å². The summed E-state index contributed by atoms with van der Waals surface area (Å²) in [6, 6.07) is 7.80. The molecule has 0 aliphatic carbocycles. The van der Waals surface area contributed by atoms with E-state index >= 15 is 0 Å². The predicted molar refractivity (Wildman–Crippen MR) is 85.1 cm³/mol. The van der Waals surface area contributed by atoms with Gasteiger partial charge in [0.15, 0.2) is 0 Å². The highest BCUT2D eigenvalue weighted by molar-refractivity contribution is 7.99. The predicted octanol–water partition coefficient (Wildman–Crippen LogP) is 3.06. The summed E-state index contributed by atoms with van der Waals surface area (Å²) < 4.78 is 5.59. The zero-order chi connectivity index (χ0) is 14.4. The molecule has 0 N–H and O–H groups in total. The minimum atomic E-state index is 0.104. The maximum Gasteiger partial charge on any atom is 0.246 e. The molecule has 1 saturated heterocycles. The van der Waals surface area contributed by atoms with Crippen LogP contribution >= 0.6 is 11.8 Å². The highest BCUT2D eigenvalue weighted by Gasteiger charge is 2.13. The molecular formula is C16H21NO2S. The van der Waals surface area contributed by atoms with Gasteiger partial charge in [0.2, 0.25) is 5.91 Å². The van der Waals surface area contributed by atoms with Crippen LogP contribution in [0.5, 0.6) is 5.75 Å². The number of ether oxygens (including phenoxy) is 1. The van der Waals surface area contributed by atoms with Crippen molar-refractivity contribution in [2.75, 3.05) is 24.6 Å². The largest absolute Gasteiger partial charge is 0.491 e. The Morgan fingerprint density at radius 1 is 1.25 bits per heavy atom. The lowest BCUT2D eigenvalue weighted by atomic mass is 10.2. The Morgan fingerprint density at radius 3 is 2.50 bits per heavy atom. The molecule has 1 amide bonds. The molecule has 0 radical (unpaired) electrons. The van der Waals surface area contributed by atoms with Gasteiger partial charge in [-0.15, -0.1) is 0 Å². The van der Waals surface area contributed by atoms with Gasteiger partial charge < -0.3 is 9.64 Å². The molecule has 0 bridgehead atoms. The van der Waals surface area contributed by atoms with Crippen molar-refractivity contribution in [3.05, 3.63) is 35.9 Å². The van der Waals surface area contributed by atoms with E-state index in [0.717, 1.165) is 35.9 Å². The van der Waals surface area contributed by atoms with Crippen LogP contribution in [0, 0.1) is 0 Å². The van der Waals surface area contributed by atoms with Gasteiger partial charge in [0.25, 0.3) is 0 Å². The van der Waals surface area contributed by atoms with Gasteiger partial charge in [0.05, 0.1) is 6.10 Å².